The number of hydrogen-bond acceptors (Lipinski definition) is 1. The largest absolute Gasteiger partial charge is 0.317 e. The van der Waals surface area contributed by atoms with Crippen LogP contribution in [0, 0.1) is 5.92 Å². The van der Waals surface area contributed by atoms with Crippen LogP contribution < -0.4 is 5.32 Å². The van der Waals surface area contributed by atoms with Crippen LogP contribution in [0.4, 0.5) is 0 Å². The maximum absolute atomic E-state index is 6.12. The molecule has 0 bridgehead atoms. The molecule has 3 heteroatoms. The Kier molecular flexibility index (Phi) is 4.91. The van der Waals surface area contributed by atoms with E-state index in [2.05, 4.69) is 19.2 Å². The topological polar surface area (TPSA) is 12.0 Å². The molecule has 0 saturated heterocycles. The Morgan fingerprint density at radius 1 is 1.27 bits per heavy atom. The second-order valence-corrected chi connectivity index (χ2v) is 4.84. The molecule has 0 spiro atoms. The number of rotatable bonds is 4. The Bertz CT molecular complexity index is 325. The van der Waals surface area contributed by atoms with Crippen molar-refractivity contribution < 1.29 is 0 Å². The molecule has 0 aliphatic heterocycles. The first-order chi connectivity index (χ1) is 7.04. The molecule has 0 fully saturated rings. The van der Waals surface area contributed by atoms with Crippen molar-refractivity contribution in [2.45, 2.75) is 26.3 Å². The second kappa shape index (κ2) is 5.74. The first kappa shape index (κ1) is 12.8. The first-order valence-corrected chi connectivity index (χ1v) is 5.91. The minimum atomic E-state index is 0.483. The maximum Gasteiger partial charge on any atom is 0.0452 e. The van der Waals surface area contributed by atoms with E-state index in [1.165, 1.54) is 0 Å². The molecule has 2 atom stereocenters. The molecule has 0 radical (unpaired) electrons. The van der Waals surface area contributed by atoms with E-state index < -0.39 is 0 Å². The summed E-state index contributed by atoms with van der Waals surface area (Å²) >= 11 is 12.0. The van der Waals surface area contributed by atoms with E-state index in [0.717, 1.165) is 17.0 Å². The van der Waals surface area contributed by atoms with Gasteiger partial charge >= 0.3 is 0 Å². The van der Waals surface area contributed by atoms with Crippen LogP contribution in [0.1, 0.15) is 19.4 Å². The van der Waals surface area contributed by atoms with Gasteiger partial charge in [-0.25, -0.2) is 0 Å². The average Bonchev–Trinajstić information content (AvgIpc) is 2.20. The predicted octanol–water partition coefficient (Wildman–Crippen LogP) is 3.78. The van der Waals surface area contributed by atoms with Crippen molar-refractivity contribution >= 4 is 23.2 Å². The highest BCUT2D eigenvalue weighted by Crippen LogP contribution is 2.24. The lowest BCUT2D eigenvalue weighted by atomic mass is 9.95. The van der Waals surface area contributed by atoms with Crippen LogP contribution >= 0.6 is 23.2 Å². The first-order valence-electron chi connectivity index (χ1n) is 5.15. The molecule has 0 heterocycles. The van der Waals surface area contributed by atoms with Gasteiger partial charge in [0, 0.05) is 16.1 Å². The Balaban J connectivity index is 2.72. The molecule has 15 heavy (non-hydrogen) atoms. The zero-order chi connectivity index (χ0) is 11.4. The van der Waals surface area contributed by atoms with Gasteiger partial charge in [0.25, 0.3) is 0 Å². The SMILES string of the molecule is CNC(C)C(C)Cc1ccc(Cl)cc1Cl. The van der Waals surface area contributed by atoms with Crippen molar-refractivity contribution in [3.05, 3.63) is 33.8 Å². The van der Waals surface area contributed by atoms with Gasteiger partial charge in [-0.05, 0) is 44.0 Å². The fourth-order valence-electron chi connectivity index (χ4n) is 1.50. The second-order valence-electron chi connectivity index (χ2n) is 3.99. The van der Waals surface area contributed by atoms with E-state index in [4.69, 9.17) is 23.2 Å². The fourth-order valence-corrected chi connectivity index (χ4v) is 1.98. The van der Waals surface area contributed by atoms with Crippen LogP contribution in [0.5, 0.6) is 0 Å². The van der Waals surface area contributed by atoms with Crippen LogP contribution in [-0.4, -0.2) is 13.1 Å². The van der Waals surface area contributed by atoms with Gasteiger partial charge < -0.3 is 5.32 Å². The lowest BCUT2D eigenvalue weighted by Crippen LogP contribution is -2.29. The van der Waals surface area contributed by atoms with Gasteiger partial charge in [0.1, 0.15) is 0 Å². The van der Waals surface area contributed by atoms with Crippen LogP contribution in [0.3, 0.4) is 0 Å². The Morgan fingerprint density at radius 2 is 1.93 bits per heavy atom. The third-order valence-electron chi connectivity index (χ3n) is 2.87. The van der Waals surface area contributed by atoms with Crippen molar-refractivity contribution in [3.8, 4) is 0 Å². The predicted molar refractivity (Wildman–Crippen MR) is 67.9 cm³/mol. The summed E-state index contributed by atoms with van der Waals surface area (Å²) in [7, 11) is 1.98. The zero-order valence-corrected chi connectivity index (χ0v) is 10.9. The average molecular weight is 246 g/mol. The van der Waals surface area contributed by atoms with E-state index >= 15 is 0 Å². The molecule has 0 aliphatic carbocycles. The van der Waals surface area contributed by atoms with Crippen molar-refractivity contribution in [3.63, 3.8) is 0 Å². The third kappa shape index (κ3) is 3.67. The molecule has 0 saturated carbocycles. The van der Waals surface area contributed by atoms with E-state index in [1.54, 1.807) is 6.07 Å². The van der Waals surface area contributed by atoms with Gasteiger partial charge in [-0.15, -0.1) is 0 Å². The highest BCUT2D eigenvalue weighted by atomic mass is 35.5. The quantitative estimate of drug-likeness (QED) is 0.852. The molecular formula is C12H17Cl2N. The lowest BCUT2D eigenvalue weighted by Gasteiger charge is -2.19. The summed E-state index contributed by atoms with van der Waals surface area (Å²) in [6, 6.07) is 6.18. The van der Waals surface area contributed by atoms with Gasteiger partial charge in [0.15, 0.2) is 0 Å². The van der Waals surface area contributed by atoms with E-state index in [9.17, 15) is 0 Å². The minimum Gasteiger partial charge on any atom is -0.317 e. The molecule has 1 nitrogen and oxygen atoms in total. The zero-order valence-electron chi connectivity index (χ0n) is 9.35. The molecule has 2 unspecified atom stereocenters. The summed E-state index contributed by atoms with van der Waals surface area (Å²) in [6.45, 7) is 4.39. The van der Waals surface area contributed by atoms with Crippen LogP contribution in [0.2, 0.25) is 10.0 Å². The third-order valence-corrected chi connectivity index (χ3v) is 3.45. The summed E-state index contributed by atoms with van der Waals surface area (Å²) in [4.78, 5) is 0. The molecule has 1 rings (SSSR count). The van der Waals surface area contributed by atoms with Gasteiger partial charge in [0.05, 0.1) is 0 Å². The number of nitrogens with one attached hydrogen (secondary N) is 1. The van der Waals surface area contributed by atoms with E-state index in [0.29, 0.717) is 17.0 Å². The minimum absolute atomic E-state index is 0.483. The Labute approximate surface area is 102 Å². The Morgan fingerprint density at radius 3 is 2.47 bits per heavy atom. The van der Waals surface area contributed by atoms with Crippen molar-refractivity contribution in [1.29, 1.82) is 0 Å². The lowest BCUT2D eigenvalue weighted by molar-refractivity contribution is 0.424. The molecule has 0 amide bonds. The van der Waals surface area contributed by atoms with Crippen molar-refractivity contribution in [2.24, 2.45) is 5.92 Å². The summed E-state index contributed by atoms with van der Waals surface area (Å²) < 4.78 is 0. The highest BCUT2D eigenvalue weighted by Gasteiger charge is 2.12. The van der Waals surface area contributed by atoms with Gasteiger partial charge in [-0.2, -0.15) is 0 Å². The molecular weight excluding hydrogens is 229 g/mol. The smallest absolute Gasteiger partial charge is 0.0452 e. The van der Waals surface area contributed by atoms with Crippen LogP contribution in [-0.2, 0) is 6.42 Å². The number of halogens is 2. The molecule has 1 aromatic rings. The Hall–Kier alpha value is -0.240. The van der Waals surface area contributed by atoms with Crippen molar-refractivity contribution in [1.82, 2.24) is 5.32 Å². The van der Waals surface area contributed by atoms with Gasteiger partial charge in [-0.1, -0.05) is 36.2 Å². The van der Waals surface area contributed by atoms with Crippen molar-refractivity contribution in [2.75, 3.05) is 7.05 Å². The summed E-state index contributed by atoms with van der Waals surface area (Å²) in [5.41, 5.74) is 1.16. The molecule has 1 N–H and O–H groups in total. The standard InChI is InChI=1S/C12H17Cl2N/c1-8(9(2)15-3)6-10-4-5-11(13)7-12(10)14/h4-5,7-9,15H,6H2,1-3H3. The normalized spacial score (nSPS) is 15.0. The molecule has 0 aliphatic rings. The summed E-state index contributed by atoms with van der Waals surface area (Å²) in [5, 5.41) is 4.70. The highest BCUT2D eigenvalue weighted by molar-refractivity contribution is 6.35. The summed E-state index contributed by atoms with van der Waals surface area (Å²) in [6.07, 6.45) is 0.970. The van der Waals surface area contributed by atoms with Crippen LogP contribution in [0.15, 0.2) is 18.2 Å². The summed E-state index contributed by atoms with van der Waals surface area (Å²) in [5.74, 6) is 0.550. The van der Waals surface area contributed by atoms with E-state index in [1.807, 2.05) is 19.2 Å². The monoisotopic (exact) mass is 245 g/mol. The molecule has 84 valence electrons. The number of benzene rings is 1. The van der Waals surface area contributed by atoms with Gasteiger partial charge in [-0.3, -0.25) is 0 Å². The van der Waals surface area contributed by atoms with Crippen LogP contribution in [0.25, 0.3) is 0 Å². The molecule has 0 aromatic heterocycles. The van der Waals surface area contributed by atoms with E-state index in [-0.39, 0.29) is 0 Å². The number of hydrogen-bond donors (Lipinski definition) is 1. The molecule has 1 aromatic carbocycles. The fraction of sp³-hybridized carbons (Fsp3) is 0.500. The van der Waals surface area contributed by atoms with Gasteiger partial charge in [0.2, 0.25) is 0 Å². The maximum atomic E-state index is 6.12.